The predicted molar refractivity (Wildman–Crippen MR) is 96.9 cm³/mol. The number of nitrogens with zero attached hydrogens (tertiary/aromatic N) is 3. The number of rotatable bonds is 2. The highest BCUT2D eigenvalue weighted by Gasteiger charge is 2.38. The van der Waals surface area contributed by atoms with Crippen molar-refractivity contribution in [3.63, 3.8) is 0 Å². The van der Waals surface area contributed by atoms with Gasteiger partial charge in [-0.3, -0.25) is 4.79 Å². The third kappa shape index (κ3) is 2.30. The molecule has 2 aromatic carbocycles. The zero-order valence-electron chi connectivity index (χ0n) is 13.9. The van der Waals surface area contributed by atoms with Gasteiger partial charge in [-0.05, 0) is 43.0 Å². The molecule has 126 valence electrons. The Bertz CT molecular complexity index is 916. The first-order valence-electron chi connectivity index (χ1n) is 8.83. The fourth-order valence-corrected chi connectivity index (χ4v) is 3.98. The molecular weight excluding hydrogens is 314 g/mol. The van der Waals surface area contributed by atoms with Gasteiger partial charge < -0.3 is 14.2 Å². The number of anilines is 2. The summed E-state index contributed by atoms with van der Waals surface area (Å²) in [4.78, 5) is 21.8. The van der Waals surface area contributed by atoms with Crippen molar-refractivity contribution in [1.29, 1.82) is 0 Å². The van der Waals surface area contributed by atoms with Gasteiger partial charge in [0.1, 0.15) is 11.6 Å². The third-order valence-corrected chi connectivity index (χ3v) is 5.22. The average molecular weight is 333 g/mol. The molecule has 5 heteroatoms. The van der Waals surface area contributed by atoms with Crippen LogP contribution in [0.2, 0.25) is 0 Å². The smallest absolute Gasteiger partial charge is 0.299 e. The summed E-state index contributed by atoms with van der Waals surface area (Å²) in [5.74, 6) is 0.157. The summed E-state index contributed by atoms with van der Waals surface area (Å²) in [6.45, 7) is 1.56. The summed E-state index contributed by atoms with van der Waals surface area (Å²) in [6.07, 6.45) is 2.75. The van der Waals surface area contributed by atoms with Gasteiger partial charge in [-0.25, -0.2) is 0 Å². The Labute approximate surface area is 145 Å². The van der Waals surface area contributed by atoms with E-state index in [0.717, 1.165) is 49.1 Å². The number of benzene rings is 2. The van der Waals surface area contributed by atoms with Crippen molar-refractivity contribution in [2.45, 2.75) is 25.3 Å². The maximum atomic E-state index is 13.2. The van der Waals surface area contributed by atoms with Gasteiger partial charge >= 0.3 is 0 Å². The number of fused-ring (bicyclic) bond motifs is 2. The lowest BCUT2D eigenvalue weighted by molar-refractivity contribution is -0.119. The van der Waals surface area contributed by atoms with Crippen molar-refractivity contribution in [3.05, 3.63) is 54.1 Å². The molecule has 1 amide bonds. The zero-order valence-corrected chi connectivity index (χ0v) is 13.9. The minimum absolute atomic E-state index is 0.157. The molecule has 3 aromatic rings. The van der Waals surface area contributed by atoms with Gasteiger partial charge in [0.25, 0.3) is 6.01 Å². The van der Waals surface area contributed by atoms with E-state index in [2.05, 4.69) is 11.1 Å². The van der Waals surface area contributed by atoms with Crippen LogP contribution in [-0.2, 0) is 11.2 Å². The van der Waals surface area contributed by atoms with Crippen LogP contribution in [0.1, 0.15) is 18.4 Å². The maximum absolute atomic E-state index is 13.2. The molecule has 5 rings (SSSR count). The molecule has 0 spiro atoms. The summed E-state index contributed by atoms with van der Waals surface area (Å²) in [5.41, 5.74) is 3.91. The molecular formula is C20H19N3O2. The summed E-state index contributed by atoms with van der Waals surface area (Å²) in [7, 11) is 0. The van der Waals surface area contributed by atoms with Crippen LogP contribution in [-0.4, -0.2) is 30.0 Å². The molecule has 2 aliphatic heterocycles. The highest BCUT2D eigenvalue weighted by Crippen LogP contribution is 2.33. The van der Waals surface area contributed by atoms with Crippen molar-refractivity contribution in [2.24, 2.45) is 0 Å². The first-order valence-corrected chi connectivity index (χ1v) is 8.83. The molecule has 1 atom stereocenters. The Balaban J connectivity index is 1.46. The van der Waals surface area contributed by atoms with Gasteiger partial charge in [-0.15, -0.1) is 0 Å². The van der Waals surface area contributed by atoms with E-state index in [9.17, 15) is 4.79 Å². The van der Waals surface area contributed by atoms with Crippen LogP contribution < -0.4 is 9.80 Å². The van der Waals surface area contributed by atoms with Crippen LogP contribution in [0.25, 0.3) is 11.1 Å². The Morgan fingerprint density at radius 1 is 1.08 bits per heavy atom. The molecule has 0 N–H and O–H groups in total. The SMILES string of the molecule is O=C(C1CCCN1c1nc2ccccc2o1)N1CCc2ccccc21. The van der Waals surface area contributed by atoms with Crippen LogP contribution in [0.15, 0.2) is 52.9 Å². The topological polar surface area (TPSA) is 49.6 Å². The lowest BCUT2D eigenvalue weighted by atomic mass is 10.1. The summed E-state index contributed by atoms with van der Waals surface area (Å²) >= 11 is 0. The van der Waals surface area contributed by atoms with Crippen molar-refractivity contribution in [1.82, 2.24) is 4.98 Å². The average Bonchev–Trinajstić information content (AvgIpc) is 3.37. The van der Waals surface area contributed by atoms with E-state index >= 15 is 0 Å². The Morgan fingerprint density at radius 2 is 1.92 bits per heavy atom. The molecule has 2 aliphatic rings. The molecule has 0 bridgehead atoms. The highest BCUT2D eigenvalue weighted by molar-refractivity contribution is 6.00. The molecule has 5 nitrogen and oxygen atoms in total. The van der Waals surface area contributed by atoms with Gasteiger partial charge in [-0.1, -0.05) is 30.3 Å². The Hall–Kier alpha value is -2.82. The molecule has 3 heterocycles. The minimum atomic E-state index is -0.195. The van der Waals surface area contributed by atoms with Crippen LogP contribution in [0.3, 0.4) is 0 Å². The van der Waals surface area contributed by atoms with E-state index in [0.29, 0.717) is 6.01 Å². The molecule has 1 saturated heterocycles. The predicted octanol–water partition coefficient (Wildman–Crippen LogP) is 3.39. The Kier molecular flexibility index (Phi) is 3.26. The molecule has 1 aromatic heterocycles. The number of aromatic nitrogens is 1. The number of oxazole rings is 1. The third-order valence-electron chi connectivity index (χ3n) is 5.22. The van der Waals surface area contributed by atoms with Crippen molar-refractivity contribution < 1.29 is 9.21 Å². The fraction of sp³-hybridized carbons (Fsp3) is 0.300. The second-order valence-corrected chi connectivity index (χ2v) is 6.68. The zero-order chi connectivity index (χ0) is 16.8. The van der Waals surface area contributed by atoms with Gasteiger partial charge in [0.15, 0.2) is 5.58 Å². The first-order chi connectivity index (χ1) is 12.3. The molecule has 25 heavy (non-hydrogen) atoms. The van der Waals surface area contributed by atoms with E-state index in [4.69, 9.17) is 4.42 Å². The van der Waals surface area contributed by atoms with Crippen LogP contribution >= 0.6 is 0 Å². The standard InChI is InChI=1S/C20H19N3O2/c24-19(22-13-11-14-6-1-3-8-16(14)22)17-9-5-12-23(17)20-21-15-7-2-4-10-18(15)25-20/h1-4,6-8,10,17H,5,9,11-13H2. The number of amides is 1. The van der Waals surface area contributed by atoms with Gasteiger partial charge in [0.05, 0.1) is 0 Å². The quantitative estimate of drug-likeness (QED) is 0.721. The fourth-order valence-electron chi connectivity index (χ4n) is 3.98. The van der Waals surface area contributed by atoms with Crippen LogP contribution in [0, 0.1) is 0 Å². The van der Waals surface area contributed by atoms with Crippen LogP contribution in [0.4, 0.5) is 11.7 Å². The lowest BCUT2D eigenvalue weighted by Gasteiger charge is -2.27. The number of carbonyl (C=O) groups excluding carboxylic acids is 1. The van der Waals surface area contributed by atoms with Crippen molar-refractivity contribution in [3.8, 4) is 0 Å². The summed E-state index contributed by atoms with van der Waals surface area (Å²) in [5, 5.41) is 0. The normalized spacial score (nSPS) is 19.6. The van der Waals surface area contributed by atoms with Crippen molar-refractivity contribution >= 4 is 28.7 Å². The first kappa shape index (κ1) is 14.5. The monoisotopic (exact) mass is 333 g/mol. The van der Waals surface area contributed by atoms with Crippen molar-refractivity contribution in [2.75, 3.05) is 22.9 Å². The van der Waals surface area contributed by atoms with E-state index in [-0.39, 0.29) is 11.9 Å². The van der Waals surface area contributed by atoms with Crippen LogP contribution in [0.5, 0.6) is 0 Å². The number of hydrogen-bond acceptors (Lipinski definition) is 4. The van der Waals surface area contributed by atoms with Gasteiger partial charge in [-0.2, -0.15) is 4.98 Å². The number of para-hydroxylation sites is 3. The minimum Gasteiger partial charge on any atom is -0.423 e. The number of carbonyl (C=O) groups is 1. The number of hydrogen-bond donors (Lipinski definition) is 0. The summed E-state index contributed by atoms with van der Waals surface area (Å²) in [6, 6.07) is 16.3. The van der Waals surface area contributed by atoms with E-state index in [1.807, 2.05) is 52.3 Å². The molecule has 0 aliphatic carbocycles. The van der Waals surface area contributed by atoms with E-state index in [1.165, 1.54) is 5.56 Å². The van der Waals surface area contributed by atoms with E-state index in [1.54, 1.807) is 0 Å². The van der Waals surface area contributed by atoms with E-state index < -0.39 is 0 Å². The maximum Gasteiger partial charge on any atom is 0.299 e. The highest BCUT2D eigenvalue weighted by atomic mass is 16.4. The molecule has 0 radical (unpaired) electrons. The second kappa shape index (κ2) is 5.62. The largest absolute Gasteiger partial charge is 0.423 e. The second-order valence-electron chi connectivity index (χ2n) is 6.68. The summed E-state index contributed by atoms with van der Waals surface area (Å²) < 4.78 is 5.91. The Morgan fingerprint density at radius 3 is 2.84 bits per heavy atom. The molecule has 1 unspecified atom stereocenters. The lowest BCUT2D eigenvalue weighted by Crippen LogP contribution is -2.45. The van der Waals surface area contributed by atoms with Gasteiger partial charge in [0.2, 0.25) is 5.91 Å². The molecule has 1 fully saturated rings. The van der Waals surface area contributed by atoms with Gasteiger partial charge in [0, 0.05) is 18.8 Å². The molecule has 0 saturated carbocycles.